The maximum absolute atomic E-state index is 14.5. The highest BCUT2D eigenvalue weighted by Gasteiger charge is 2.30. The fourth-order valence-electron chi connectivity index (χ4n) is 2.95. The zero-order valence-corrected chi connectivity index (χ0v) is 19.5. The number of para-hydroxylation sites is 1. The number of aromatic nitrogens is 3. The number of azo groups is 1. The lowest BCUT2D eigenvalue weighted by Gasteiger charge is -2.10. The van der Waals surface area contributed by atoms with E-state index in [1.165, 1.54) is 30.3 Å². The van der Waals surface area contributed by atoms with Crippen LogP contribution in [0.15, 0.2) is 77.0 Å². The van der Waals surface area contributed by atoms with Crippen LogP contribution >= 0.6 is 23.2 Å². The van der Waals surface area contributed by atoms with Crippen molar-refractivity contribution in [3.63, 3.8) is 0 Å². The number of nitrogens with zero attached hydrogens (tertiary/aromatic N) is 5. The second kappa shape index (κ2) is 10.8. The van der Waals surface area contributed by atoms with Gasteiger partial charge in [-0.25, -0.2) is 4.39 Å². The molecule has 0 aliphatic heterocycles. The Labute approximate surface area is 211 Å². The summed E-state index contributed by atoms with van der Waals surface area (Å²) in [6.45, 7) is 0.00104. The van der Waals surface area contributed by atoms with Crippen LogP contribution in [-0.2, 0) is 6.54 Å². The summed E-state index contributed by atoms with van der Waals surface area (Å²) in [5.74, 6) is -1.25. The molecular weight excluding hydrogens is 523 g/mol. The van der Waals surface area contributed by atoms with Crippen molar-refractivity contribution in [1.29, 1.82) is 0 Å². The van der Waals surface area contributed by atoms with Crippen molar-refractivity contribution >= 4 is 40.8 Å². The highest BCUT2D eigenvalue weighted by atomic mass is 35.5. The molecule has 0 aliphatic rings. The number of ether oxygens (including phenoxy) is 1. The Kier molecular flexibility index (Phi) is 7.61. The van der Waals surface area contributed by atoms with E-state index in [9.17, 15) is 17.6 Å². The fourth-order valence-corrected chi connectivity index (χ4v) is 3.38. The first kappa shape index (κ1) is 25.3. The lowest BCUT2D eigenvalue weighted by atomic mass is 10.2. The first-order valence-electron chi connectivity index (χ1n) is 10.1. The molecule has 0 amide bonds. The Morgan fingerprint density at radius 2 is 1.58 bits per heavy atom. The molecule has 1 aromatic heterocycles. The van der Waals surface area contributed by atoms with Crippen LogP contribution in [0.25, 0.3) is 11.4 Å². The van der Waals surface area contributed by atoms with E-state index in [1.807, 2.05) is 0 Å². The van der Waals surface area contributed by atoms with Gasteiger partial charge in [-0.1, -0.05) is 53.5 Å². The number of anilines is 2. The van der Waals surface area contributed by atoms with Crippen LogP contribution in [0.1, 0.15) is 5.56 Å². The Bertz CT molecular complexity index is 1380. The minimum Gasteiger partial charge on any atom is -0.406 e. The molecule has 0 unspecified atom stereocenters. The number of alkyl halides is 3. The van der Waals surface area contributed by atoms with E-state index >= 15 is 0 Å². The molecule has 0 fully saturated rings. The molecule has 4 rings (SSSR count). The van der Waals surface area contributed by atoms with Gasteiger partial charge in [0, 0.05) is 0 Å². The summed E-state index contributed by atoms with van der Waals surface area (Å²) in [6.07, 6.45) is -4.78. The maximum Gasteiger partial charge on any atom is 0.573 e. The molecule has 184 valence electrons. The number of benzene rings is 3. The Hall–Kier alpha value is -3.83. The van der Waals surface area contributed by atoms with Gasteiger partial charge in [-0.2, -0.15) is 20.1 Å². The van der Waals surface area contributed by atoms with Crippen molar-refractivity contribution in [3.8, 4) is 17.1 Å². The van der Waals surface area contributed by atoms with E-state index in [1.54, 1.807) is 24.3 Å². The predicted molar refractivity (Wildman–Crippen MR) is 126 cm³/mol. The summed E-state index contributed by atoms with van der Waals surface area (Å²) in [4.78, 5) is 12.6. The van der Waals surface area contributed by atoms with Gasteiger partial charge in [-0.05, 0) is 42.0 Å². The molecule has 4 aromatic rings. The fraction of sp³-hybridized carbons (Fsp3) is 0.0870. The van der Waals surface area contributed by atoms with Crippen LogP contribution < -0.4 is 10.1 Å². The first-order valence-corrected chi connectivity index (χ1v) is 10.9. The van der Waals surface area contributed by atoms with Crippen molar-refractivity contribution in [2.75, 3.05) is 5.32 Å². The second-order valence-corrected chi connectivity index (χ2v) is 7.89. The molecule has 36 heavy (non-hydrogen) atoms. The van der Waals surface area contributed by atoms with Gasteiger partial charge in [0.25, 0.3) is 5.95 Å². The van der Waals surface area contributed by atoms with E-state index in [0.717, 1.165) is 12.1 Å². The largest absolute Gasteiger partial charge is 0.573 e. The smallest absolute Gasteiger partial charge is 0.406 e. The van der Waals surface area contributed by atoms with Gasteiger partial charge in [0.2, 0.25) is 5.95 Å². The van der Waals surface area contributed by atoms with E-state index in [0.29, 0.717) is 16.3 Å². The van der Waals surface area contributed by atoms with Gasteiger partial charge in [0.05, 0.1) is 27.8 Å². The molecule has 13 heteroatoms. The molecule has 1 N–H and O–H groups in total. The zero-order valence-electron chi connectivity index (χ0n) is 18.0. The van der Waals surface area contributed by atoms with E-state index < -0.39 is 12.2 Å². The van der Waals surface area contributed by atoms with Gasteiger partial charge < -0.3 is 10.1 Å². The Balaban J connectivity index is 1.62. The van der Waals surface area contributed by atoms with Crippen LogP contribution in [-0.4, -0.2) is 21.3 Å². The third-order valence-electron chi connectivity index (χ3n) is 4.50. The van der Waals surface area contributed by atoms with Gasteiger partial charge in [-0.3, -0.25) is 0 Å². The van der Waals surface area contributed by atoms with Gasteiger partial charge in [-0.15, -0.1) is 18.3 Å². The molecule has 1 heterocycles. The van der Waals surface area contributed by atoms with Gasteiger partial charge in [0.1, 0.15) is 11.6 Å². The summed E-state index contributed by atoms with van der Waals surface area (Å²) in [5.41, 5.74) is 0.981. The number of hydrogen-bond donors (Lipinski definition) is 1. The highest BCUT2D eigenvalue weighted by Crippen LogP contribution is 2.31. The van der Waals surface area contributed by atoms with Crippen LogP contribution in [0, 0.1) is 5.82 Å². The molecule has 3 aromatic carbocycles. The topological polar surface area (TPSA) is 84.7 Å². The predicted octanol–water partition coefficient (Wildman–Crippen LogP) is 7.91. The summed E-state index contributed by atoms with van der Waals surface area (Å²) in [7, 11) is 0. The van der Waals surface area contributed by atoms with E-state index in [-0.39, 0.29) is 40.6 Å². The summed E-state index contributed by atoms with van der Waals surface area (Å²) < 4.78 is 55.3. The lowest BCUT2D eigenvalue weighted by molar-refractivity contribution is -0.274. The molecule has 0 saturated carbocycles. The van der Waals surface area contributed by atoms with Gasteiger partial charge in [0.15, 0.2) is 5.82 Å². The second-order valence-electron chi connectivity index (χ2n) is 7.08. The summed E-state index contributed by atoms with van der Waals surface area (Å²) >= 11 is 12.4. The first-order chi connectivity index (χ1) is 17.2. The van der Waals surface area contributed by atoms with Gasteiger partial charge >= 0.3 is 6.36 Å². The van der Waals surface area contributed by atoms with Crippen LogP contribution in [0.2, 0.25) is 10.0 Å². The normalized spacial score (nSPS) is 11.6. The Morgan fingerprint density at radius 1 is 0.861 bits per heavy atom. The van der Waals surface area contributed by atoms with Crippen molar-refractivity contribution in [2.24, 2.45) is 10.2 Å². The minimum atomic E-state index is -4.78. The van der Waals surface area contributed by atoms with Crippen molar-refractivity contribution < 1.29 is 22.3 Å². The monoisotopic (exact) mass is 536 g/mol. The molecule has 0 aliphatic carbocycles. The quantitative estimate of drug-likeness (QED) is 0.191. The van der Waals surface area contributed by atoms with Crippen LogP contribution in [0.3, 0.4) is 0 Å². The molecular formula is C23H14Cl2F4N6O. The van der Waals surface area contributed by atoms with Crippen LogP contribution in [0.5, 0.6) is 5.75 Å². The third kappa shape index (κ3) is 6.64. The van der Waals surface area contributed by atoms with Crippen molar-refractivity contribution in [2.45, 2.75) is 12.9 Å². The number of rotatable bonds is 7. The minimum absolute atomic E-state index is 0.00104. The average molecular weight is 537 g/mol. The molecule has 0 saturated heterocycles. The van der Waals surface area contributed by atoms with Crippen molar-refractivity contribution in [1.82, 2.24) is 15.0 Å². The van der Waals surface area contributed by atoms with E-state index in [2.05, 4.69) is 35.2 Å². The molecule has 0 bridgehead atoms. The summed E-state index contributed by atoms with van der Waals surface area (Å²) in [5, 5.41) is 11.4. The molecule has 0 atom stereocenters. The third-order valence-corrected chi connectivity index (χ3v) is 5.15. The maximum atomic E-state index is 14.5. The zero-order chi connectivity index (χ0) is 25.7. The number of hydrogen-bond acceptors (Lipinski definition) is 7. The Morgan fingerprint density at radius 3 is 2.28 bits per heavy atom. The summed E-state index contributed by atoms with van der Waals surface area (Å²) in [6, 6.07) is 16.1. The average Bonchev–Trinajstić information content (AvgIpc) is 2.81. The molecule has 0 spiro atoms. The molecule has 0 radical (unpaired) electrons. The standard InChI is InChI=1S/C23H14Cl2F4N6O/c24-15-4-1-2-7-18(15)31-21-32-20(19-16(25)5-3-6-17(19)26)33-22(34-21)35-30-12-13-8-10-14(11-9-13)36-23(27,28)29/h1-11H,12H2,(H,31,32,33,34). The highest BCUT2D eigenvalue weighted by molar-refractivity contribution is 6.33. The number of halogens is 6. The van der Waals surface area contributed by atoms with Crippen molar-refractivity contribution in [3.05, 3.63) is 88.2 Å². The lowest BCUT2D eigenvalue weighted by Crippen LogP contribution is -2.16. The van der Waals surface area contributed by atoms with E-state index in [4.69, 9.17) is 23.2 Å². The molecule has 7 nitrogen and oxygen atoms in total. The van der Waals surface area contributed by atoms with Crippen LogP contribution in [0.4, 0.5) is 35.1 Å². The SMILES string of the molecule is Fc1cccc(Cl)c1-c1nc(N=NCc2ccc(OC(F)(F)F)cc2)nc(Nc2ccccc2Cl)n1. The number of nitrogens with one attached hydrogen (secondary N) is 1.